The lowest BCUT2D eigenvalue weighted by molar-refractivity contribution is 0.185. The summed E-state index contributed by atoms with van der Waals surface area (Å²) in [5.41, 5.74) is 2.58. The average molecular weight is 284 g/mol. The molecule has 0 aliphatic rings. The van der Waals surface area contributed by atoms with E-state index < -0.39 is 0 Å². The summed E-state index contributed by atoms with van der Waals surface area (Å²) in [6.07, 6.45) is 0. The highest BCUT2D eigenvalue weighted by Crippen LogP contribution is 2.19. The van der Waals surface area contributed by atoms with Crippen LogP contribution in [0.15, 0.2) is 23.0 Å². The number of rotatable bonds is 3. The summed E-state index contributed by atoms with van der Waals surface area (Å²) in [5, 5.41) is 9.05. The normalized spacial score (nSPS) is 11.4. The van der Waals surface area contributed by atoms with Gasteiger partial charge in [-0.2, -0.15) is 0 Å². The first-order chi connectivity index (χ1) is 10.1. The number of fused-ring (bicyclic) bond motifs is 3. The summed E-state index contributed by atoms with van der Waals surface area (Å²) in [6, 6.07) is 5.85. The summed E-state index contributed by atoms with van der Waals surface area (Å²) in [5.74, 6) is 0.653. The minimum atomic E-state index is -0.176. The highest BCUT2D eigenvalue weighted by molar-refractivity contribution is 6.00. The topological polar surface area (TPSA) is 69.9 Å². The van der Waals surface area contributed by atoms with Gasteiger partial charge in [0, 0.05) is 12.5 Å². The van der Waals surface area contributed by atoms with E-state index in [-0.39, 0.29) is 5.56 Å². The van der Waals surface area contributed by atoms with E-state index in [4.69, 9.17) is 4.74 Å². The number of aryl methyl sites for hydroxylation is 2. The molecular weight excluding hydrogens is 268 g/mol. The quantitative estimate of drug-likeness (QED) is 0.683. The highest BCUT2D eigenvalue weighted by atomic mass is 16.5. The monoisotopic (exact) mass is 284 g/mol. The molecule has 2 heterocycles. The maximum atomic E-state index is 12.5. The largest absolute Gasteiger partial charge is 0.383 e. The molecule has 21 heavy (non-hydrogen) atoms. The van der Waals surface area contributed by atoms with E-state index in [1.54, 1.807) is 11.7 Å². The van der Waals surface area contributed by atoms with E-state index >= 15 is 0 Å². The second kappa shape index (κ2) is 5.21. The lowest BCUT2D eigenvalue weighted by atomic mass is 10.1. The summed E-state index contributed by atoms with van der Waals surface area (Å²) < 4.78 is 6.60. The molecule has 6 heteroatoms. The minimum absolute atomic E-state index is 0.176. The van der Waals surface area contributed by atoms with E-state index in [1.807, 2.05) is 32.0 Å². The first kappa shape index (κ1) is 13.6. The molecule has 108 valence electrons. The summed E-state index contributed by atoms with van der Waals surface area (Å²) in [7, 11) is 1.60. The van der Waals surface area contributed by atoms with Gasteiger partial charge in [-0.25, -0.2) is 4.98 Å². The Morgan fingerprint density at radius 3 is 2.76 bits per heavy atom. The fourth-order valence-corrected chi connectivity index (χ4v) is 2.41. The van der Waals surface area contributed by atoms with Crippen LogP contribution in [-0.2, 0) is 11.3 Å². The molecule has 0 radical (unpaired) electrons. The first-order valence-electron chi connectivity index (χ1n) is 6.75. The summed E-state index contributed by atoms with van der Waals surface area (Å²) in [6.45, 7) is 4.72. The molecule has 0 bridgehead atoms. The van der Waals surface area contributed by atoms with Crippen molar-refractivity contribution in [1.82, 2.24) is 19.7 Å². The lowest BCUT2D eigenvalue weighted by Gasteiger charge is -2.10. The molecule has 0 unspecified atom stereocenters. The third-order valence-electron chi connectivity index (χ3n) is 3.52. The highest BCUT2D eigenvalue weighted by Gasteiger charge is 2.13. The molecule has 0 N–H and O–H groups in total. The van der Waals surface area contributed by atoms with Crippen LogP contribution in [0.4, 0.5) is 0 Å². The molecule has 0 amide bonds. The molecular formula is C15H16N4O2. The third-order valence-corrected chi connectivity index (χ3v) is 3.52. The molecule has 0 aliphatic heterocycles. The van der Waals surface area contributed by atoms with Gasteiger partial charge in [-0.1, -0.05) is 11.6 Å². The average Bonchev–Trinajstić information content (AvgIpc) is 2.47. The van der Waals surface area contributed by atoms with Crippen LogP contribution >= 0.6 is 0 Å². The van der Waals surface area contributed by atoms with E-state index in [9.17, 15) is 4.79 Å². The zero-order chi connectivity index (χ0) is 15.0. The molecule has 1 aromatic carbocycles. The third kappa shape index (κ3) is 2.27. The maximum absolute atomic E-state index is 12.5. The Labute approximate surface area is 121 Å². The number of methoxy groups -OCH3 is 1. The van der Waals surface area contributed by atoms with Gasteiger partial charge in [0.2, 0.25) is 0 Å². The van der Waals surface area contributed by atoms with Crippen molar-refractivity contribution >= 4 is 21.9 Å². The number of benzene rings is 1. The summed E-state index contributed by atoms with van der Waals surface area (Å²) >= 11 is 0. The molecule has 2 aromatic heterocycles. The zero-order valence-corrected chi connectivity index (χ0v) is 12.3. The van der Waals surface area contributed by atoms with Crippen molar-refractivity contribution in [3.05, 3.63) is 39.9 Å². The Bertz CT molecular complexity index is 886. The Morgan fingerprint density at radius 1 is 1.19 bits per heavy atom. The molecule has 0 atom stereocenters. The van der Waals surface area contributed by atoms with Crippen molar-refractivity contribution in [3.8, 4) is 0 Å². The van der Waals surface area contributed by atoms with Crippen molar-refractivity contribution in [1.29, 1.82) is 0 Å². The van der Waals surface area contributed by atoms with Crippen molar-refractivity contribution in [2.45, 2.75) is 20.4 Å². The van der Waals surface area contributed by atoms with Crippen LogP contribution in [0.3, 0.4) is 0 Å². The number of hydrogen-bond donors (Lipinski definition) is 0. The molecule has 0 fully saturated rings. The van der Waals surface area contributed by atoms with E-state index in [2.05, 4.69) is 15.2 Å². The van der Waals surface area contributed by atoms with Gasteiger partial charge < -0.3 is 4.74 Å². The molecule has 3 aromatic rings. The molecule has 0 aliphatic carbocycles. The van der Waals surface area contributed by atoms with Crippen LogP contribution in [-0.4, -0.2) is 33.5 Å². The predicted octanol–water partition coefficient (Wildman–Crippen LogP) is 1.60. The van der Waals surface area contributed by atoms with Crippen molar-refractivity contribution < 1.29 is 4.74 Å². The van der Waals surface area contributed by atoms with Crippen LogP contribution in [0.1, 0.15) is 11.4 Å². The van der Waals surface area contributed by atoms with E-state index in [0.717, 1.165) is 16.5 Å². The zero-order valence-electron chi connectivity index (χ0n) is 12.3. The van der Waals surface area contributed by atoms with Crippen LogP contribution in [0.25, 0.3) is 21.9 Å². The van der Waals surface area contributed by atoms with Crippen molar-refractivity contribution in [3.63, 3.8) is 0 Å². The predicted molar refractivity (Wildman–Crippen MR) is 80.4 cm³/mol. The van der Waals surface area contributed by atoms with Gasteiger partial charge in [0.05, 0.1) is 18.7 Å². The fourth-order valence-electron chi connectivity index (χ4n) is 2.41. The minimum Gasteiger partial charge on any atom is -0.383 e. The Hall–Kier alpha value is -2.34. The van der Waals surface area contributed by atoms with E-state index in [0.29, 0.717) is 30.0 Å². The summed E-state index contributed by atoms with van der Waals surface area (Å²) in [4.78, 5) is 17.1. The SMILES string of the molecule is COCCn1c(C)nc2c(nnc3ccc(C)cc32)c1=O. The van der Waals surface area contributed by atoms with Crippen LogP contribution in [0, 0.1) is 13.8 Å². The molecule has 6 nitrogen and oxygen atoms in total. The van der Waals surface area contributed by atoms with Gasteiger partial charge in [0.15, 0.2) is 5.52 Å². The van der Waals surface area contributed by atoms with E-state index in [1.165, 1.54) is 0 Å². The van der Waals surface area contributed by atoms with Gasteiger partial charge in [-0.3, -0.25) is 9.36 Å². The molecule has 0 saturated heterocycles. The van der Waals surface area contributed by atoms with Gasteiger partial charge >= 0.3 is 0 Å². The molecule has 3 rings (SSSR count). The standard InChI is InChI=1S/C15H16N4O2/c1-9-4-5-12-11(8-9)13-14(18-17-12)15(20)19(6-7-21-3)10(2)16-13/h4-5,8H,6-7H2,1-3H3. The number of aromatic nitrogens is 4. The Balaban J connectivity index is 2.35. The molecule has 0 spiro atoms. The number of nitrogens with zero attached hydrogens (tertiary/aromatic N) is 4. The lowest BCUT2D eigenvalue weighted by Crippen LogP contribution is -2.26. The van der Waals surface area contributed by atoms with Gasteiger partial charge in [-0.05, 0) is 26.0 Å². The number of ether oxygens (including phenoxy) is 1. The van der Waals surface area contributed by atoms with Gasteiger partial charge in [-0.15, -0.1) is 10.2 Å². The van der Waals surface area contributed by atoms with Gasteiger partial charge in [0.25, 0.3) is 5.56 Å². The van der Waals surface area contributed by atoms with Crippen molar-refractivity contribution in [2.75, 3.05) is 13.7 Å². The second-order valence-electron chi connectivity index (χ2n) is 5.03. The van der Waals surface area contributed by atoms with Crippen LogP contribution in [0.5, 0.6) is 0 Å². The fraction of sp³-hybridized carbons (Fsp3) is 0.333. The van der Waals surface area contributed by atoms with Crippen LogP contribution < -0.4 is 5.56 Å². The van der Waals surface area contributed by atoms with Gasteiger partial charge in [0.1, 0.15) is 11.3 Å². The van der Waals surface area contributed by atoms with Crippen molar-refractivity contribution in [2.24, 2.45) is 0 Å². The second-order valence-corrected chi connectivity index (χ2v) is 5.03. The molecule has 0 saturated carbocycles. The smallest absolute Gasteiger partial charge is 0.282 e. The Morgan fingerprint density at radius 2 is 2.00 bits per heavy atom. The Kier molecular flexibility index (Phi) is 3.39. The first-order valence-corrected chi connectivity index (χ1v) is 6.75. The number of hydrogen-bond acceptors (Lipinski definition) is 5. The maximum Gasteiger partial charge on any atom is 0.282 e. The van der Waals surface area contributed by atoms with Crippen LogP contribution in [0.2, 0.25) is 0 Å².